The zero-order valence-electron chi connectivity index (χ0n) is 17.1. The fourth-order valence-electron chi connectivity index (χ4n) is 3.74. The van der Waals surface area contributed by atoms with Gasteiger partial charge in [0, 0.05) is 37.6 Å². The molecule has 3 aromatic rings. The molecule has 2 aromatic heterocycles. The molecule has 5 nitrogen and oxygen atoms in total. The van der Waals surface area contributed by atoms with Crippen molar-refractivity contribution in [1.29, 1.82) is 0 Å². The molecule has 0 bridgehead atoms. The molecule has 0 saturated carbocycles. The number of anilines is 1. The Kier molecular flexibility index (Phi) is 6.32. The summed E-state index contributed by atoms with van der Waals surface area (Å²) in [6.45, 7) is 4.66. The highest BCUT2D eigenvalue weighted by Gasteiger charge is 2.23. The molecule has 3 heterocycles. The molecule has 0 aliphatic carbocycles. The molecule has 7 heteroatoms. The van der Waals surface area contributed by atoms with Crippen molar-refractivity contribution >= 4 is 40.2 Å². The van der Waals surface area contributed by atoms with Gasteiger partial charge in [0.25, 0.3) is 11.8 Å². The van der Waals surface area contributed by atoms with Crippen LogP contribution < -0.4 is 10.2 Å². The van der Waals surface area contributed by atoms with Gasteiger partial charge in [-0.25, -0.2) is 0 Å². The van der Waals surface area contributed by atoms with Gasteiger partial charge in [-0.15, -0.1) is 22.7 Å². The third kappa shape index (κ3) is 4.33. The predicted molar refractivity (Wildman–Crippen MR) is 124 cm³/mol. The minimum atomic E-state index is -0.156. The molecule has 0 fully saturated rings. The Morgan fingerprint density at radius 1 is 1.13 bits per heavy atom. The minimum Gasteiger partial charge on any atom is -0.350 e. The number of carbonyl (C=O) groups excluding carboxylic acids is 2. The van der Waals surface area contributed by atoms with Crippen molar-refractivity contribution in [2.75, 3.05) is 25.0 Å². The van der Waals surface area contributed by atoms with E-state index in [4.69, 9.17) is 0 Å². The molecule has 1 atom stereocenters. The van der Waals surface area contributed by atoms with Crippen LogP contribution in [0, 0.1) is 0 Å². The average Bonchev–Trinajstić information content (AvgIpc) is 3.47. The molecule has 156 valence electrons. The van der Waals surface area contributed by atoms with E-state index in [1.807, 2.05) is 41.0 Å². The first-order chi connectivity index (χ1) is 14.5. The SMILES string of the molecule is CC(CNC(=O)c1ccccc1N(C)C(=O)c1cccs1)N1CCc2sccc2C1. The van der Waals surface area contributed by atoms with Crippen molar-refractivity contribution in [3.63, 3.8) is 0 Å². The summed E-state index contributed by atoms with van der Waals surface area (Å²) in [6.07, 6.45) is 1.07. The number of nitrogens with one attached hydrogen (secondary N) is 1. The molecule has 1 aliphatic rings. The number of amides is 2. The Hall–Kier alpha value is -2.48. The van der Waals surface area contributed by atoms with Crippen LogP contribution in [-0.2, 0) is 13.0 Å². The third-order valence-electron chi connectivity index (χ3n) is 5.57. The van der Waals surface area contributed by atoms with E-state index in [-0.39, 0.29) is 17.9 Å². The molecule has 1 unspecified atom stereocenters. The number of para-hydroxylation sites is 1. The summed E-state index contributed by atoms with van der Waals surface area (Å²) in [6, 6.07) is 13.3. The number of fused-ring (bicyclic) bond motifs is 1. The van der Waals surface area contributed by atoms with Crippen molar-refractivity contribution in [1.82, 2.24) is 10.2 Å². The number of hydrogen-bond donors (Lipinski definition) is 1. The molecule has 1 aliphatic heterocycles. The molecular weight excluding hydrogens is 414 g/mol. The minimum absolute atomic E-state index is 0.112. The van der Waals surface area contributed by atoms with E-state index < -0.39 is 0 Å². The van der Waals surface area contributed by atoms with E-state index in [2.05, 4.69) is 28.6 Å². The summed E-state index contributed by atoms with van der Waals surface area (Å²) >= 11 is 3.23. The molecule has 0 radical (unpaired) electrons. The first kappa shape index (κ1) is 20.8. The van der Waals surface area contributed by atoms with Crippen LogP contribution in [-0.4, -0.2) is 42.9 Å². The van der Waals surface area contributed by atoms with Crippen molar-refractivity contribution in [3.8, 4) is 0 Å². The van der Waals surface area contributed by atoms with E-state index >= 15 is 0 Å². The van der Waals surface area contributed by atoms with Crippen molar-refractivity contribution in [3.05, 3.63) is 74.1 Å². The second-order valence-electron chi connectivity index (χ2n) is 7.51. The Balaban J connectivity index is 1.41. The molecule has 0 saturated heterocycles. The maximum atomic E-state index is 13.0. The number of nitrogens with zero attached hydrogens (tertiary/aromatic N) is 2. The van der Waals surface area contributed by atoms with E-state index in [0.29, 0.717) is 22.7 Å². The second kappa shape index (κ2) is 9.12. The van der Waals surface area contributed by atoms with Crippen LogP contribution >= 0.6 is 22.7 Å². The van der Waals surface area contributed by atoms with Crippen LogP contribution in [0.3, 0.4) is 0 Å². The quantitative estimate of drug-likeness (QED) is 0.624. The van der Waals surface area contributed by atoms with Crippen LogP contribution in [0.4, 0.5) is 5.69 Å². The molecular formula is C23H25N3O2S2. The summed E-state index contributed by atoms with van der Waals surface area (Å²) in [5.41, 5.74) is 2.53. The van der Waals surface area contributed by atoms with Crippen molar-refractivity contribution in [2.24, 2.45) is 0 Å². The monoisotopic (exact) mass is 439 g/mol. The van der Waals surface area contributed by atoms with Gasteiger partial charge in [0.1, 0.15) is 0 Å². The largest absolute Gasteiger partial charge is 0.350 e. The molecule has 30 heavy (non-hydrogen) atoms. The zero-order valence-corrected chi connectivity index (χ0v) is 18.8. The first-order valence-electron chi connectivity index (χ1n) is 10.0. The van der Waals surface area contributed by atoms with Crippen LogP contribution in [0.5, 0.6) is 0 Å². The number of thiophene rings is 2. The lowest BCUT2D eigenvalue weighted by molar-refractivity contribution is 0.0933. The zero-order chi connectivity index (χ0) is 21.1. The summed E-state index contributed by atoms with van der Waals surface area (Å²) in [5.74, 6) is -0.269. The summed E-state index contributed by atoms with van der Waals surface area (Å²) < 4.78 is 0. The van der Waals surface area contributed by atoms with Crippen molar-refractivity contribution < 1.29 is 9.59 Å². The highest BCUT2D eigenvalue weighted by Crippen LogP contribution is 2.25. The lowest BCUT2D eigenvalue weighted by Gasteiger charge is -2.32. The summed E-state index contributed by atoms with van der Waals surface area (Å²) in [5, 5.41) is 7.10. The molecule has 1 N–H and O–H groups in total. The fourth-order valence-corrected chi connectivity index (χ4v) is 5.33. The molecule has 1 aromatic carbocycles. The Morgan fingerprint density at radius 2 is 1.97 bits per heavy atom. The maximum absolute atomic E-state index is 13.0. The highest BCUT2D eigenvalue weighted by atomic mass is 32.1. The van der Waals surface area contributed by atoms with Gasteiger partial charge in [-0.1, -0.05) is 18.2 Å². The van der Waals surface area contributed by atoms with Gasteiger partial charge < -0.3 is 10.2 Å². The lowest BCUT2D eigenvalue weighted by atomic mass is 10.1. The van der Waals surface area contributed by atoms with Crippen LogP contribution in [0.2, 0.25) is 0 Å². The second-order valence-corrected chi connectivity index (χ2v) is 9.46. The van der Waals surface area contributed by atoms with Gasteiger partial charge >= 0.3 is 0 Å². The number of benzene rings is 1. The topological polar surface area (TPSA) is 52.7 Å². The Bertz CT molecular complexity index is 1030. The van der Waals surface area contributed by atoms with Crippen LogP contribution in [0.25, 0.3) is 0 Å². The van der Waals surface area contributed by atoms with Crippen molar-refractivity contribution in [2.45, 2.75) is 25.9 Å². The van der Waals surface area contributed by atoms with E-state index in [1.54, 1.807) is 24.1 Å². The average molecular weight is 440 g/mol. The first-order valence-corrected chi connectivity index (χ1v) is 11.8. The van der Waals surface area contributed by atoms with Gasteiger partial charge in [0.2, 0.25) is 0 Å². The Morgan fingerprint density at radius 3 is 2.77 bits per heavy atom. The van der Waals surface area contributed by atoms with E-state index in [0.717, 1.165) is 19.5 Å². The number of hydrogen-bond acceptors (Lipinski definition) is 5. The number of rotatable bonds is 6. The smallest absolute Gasteiger partial charge is 0.268 e. The van der Waals surface area contributed by atoms with Gasteiger partial charge in [-0.2, -0.15) is 0 Å². The van der Waals surface area contributed by atoms with E-state index in [1.165, 1.54) is 21.8 Å². The van der Waals surface area contributed by atoms with Gasteiger partial charge in [0.05, 0.1) is 16.1 Å². The van der Waals surface area contributed by atoms with Crippen LogP contribution in [0.1, 0.15) is 37.4 Å². The lowest BCUT2D eigenvalue weighted by Crippen LogP contribution is -2.44. The van der Waals surface area contributed by atoms with Gasteiger partial charge in [-0.3, -0.25) is 14.5 Å². The van der Waals surface area contributed by atoms with Crippen LogP contribution in [0.15, 0.2) is 53.2 Å². The molecule has 0 spiro atoms. The number of carbonyl (C=O) groups is 2. The highest BCUT2D eigenvalue weighted by molar-refractivity contribution is 7.12. The molecule has 2 amide bonds. The molecule has 4 rings (SSSR count). The standard InChI is InChI=1S/C23H25N3O2S2/c1-16(26-11-9-20-17(15-26)10-13-30-20)14-24-22(27)18-6-3-4-7-19(18)25(2)23(28)21-8-5-12-29-21/h3-8,10,12-13,16H,9,11,14-15H2,1-2H3,(H,24,27). The fraction of sp³-hybridized carbons (Fsp3) is 0.304. The van der Waals surface area contributed by atoms with Gasteiger partial charge in [-0.05, 0) is 53.9 Å². The summed E-state index contributed by atoms with van der Waals surface area (Å²) in [4.78, 5) is 31.8. The maximum Gasteiger partial charge on any atom is 0.268 e. The van der Waals surface area contributed by atoms with Gasteiger partial charge in [0.15, 0.2) is 0 Å². The summed E-state index contributed by atoms with van der Waals surface area (Å²) in [7, 11) is 1.71. The normalized spacial score (nSPS) is 14.7. The third-order valence-corrected chi connectivity index (χ3v) is 7.45. The Labute approximate surface area is 184 Å². The van der Waals surface area contributed by atoms with E-state index in [9.17, 15) is 9.59 Å². The predicted octanol–water partition coefficient (Wildman–Crippen LogP) is 4.26.